The monoisotopic (exact) mass is 431 g/mol. The number of ketones is 1. The maximum Gasteiger partial charge on any atom is 0.163 e. The Hall–Kier alpha value is -2.35. The van der Waals surface area contributed by atoms with E-state index in [-0.39, 0.29) is 0 Å². The minimum Gasteiger partial charge on any atom is -0.384 e. The summed E-state index contributed by atoms with van der Waals surface area (Å²) in [6.07, 6.45) is 10.4. The molecule has 1 N–H and O–H groups in total. The van der Waals surface area contributed by atoms with Crippen molar-refractivity contribution in [2.24, 2.45) is 11.8 Å². The maximum atomic E-state index is 12.5. The van der Waals surface area contributed by atoms with Gasteiger partial charge < -0.3 is 5.32 Å². The molecule has 4 rings (SSSR count). The number of hydrogen-bond acceptors (Lipinski definition) is 2. The van der Waals surface area contributed by atoms with Crippen LogP contribution in [0.2, 0.25) is 0 Å². The molecule has 2 aromatic carbocycles. The molecule has 2 atom stereocenters. The first-order valence-corrected chi connectivity index (χ1v) is 12.7. The van der Waals surface area contributed by atoms with E-state index in [2.05, 4.69) is 75.6 Å². The van der Waals surface area contributed by atoms with Crippen LogP contribution >= 0.6 is 0 Å². The van der Waals surface area contributed by atoms with E-state index in [0.717, 1.165) is 36.7 Å². The Balaban J connectivity index is 0.00000141. The summed E-state index contributed by atoms with van der Waals surface area (Å²) < 4.78 is 0. The van der Waals surface area contributed by atoms with Crippen LogP contribution in [0.15, 0.2) is 42.6 Å². The lowest BCUT2D eigenvalue weighted by Gasteiger charge is -2.20. The number of Topliss-reactive ketones (excluding diaryl/α,β-unsaturated/α-hetero) is 1. The highest BCUT2D eigenvalue weighted by atomic mass is 16.1. The van der Waals surface area contributed by atoms with Gasteiger partial charge in [0.15, 0.2) is 5.78 Å². The molecule has 0 bridgehead atoms. The number of hydrogen-bond donors (Lipinski definition) is 1. The van der Waals surface area contributed by atoms with Crippen LogP contribution in [0, 0.1) is 18.8 Å². The van der Waals surface area contributed by atoms with E-state index in [1.54, 1.807) is 0 Å². The van der Waals surface area contributed by atoms with Gasteiger partial charge in [-0.25, -0.2) is 0 Å². The Morgan fingerprint density at radius 3 is 2.50 bits per heavy atom. The van der Waals surface area contributed by atoms with Crippen LogP contribution in [0.3, 0.4) is 0 Å². The van der Waals surface area contributed by atoms with E-state index in [0.29, 0.717) is 18.2 Å². The van der Waals surface area contributed by atoms with Crippen LogP contribution in [0.1, 0.15) is 99.0 Å². The van der Waals surface area contributed by atoms with E-state index in [4.69, 9.17) is 0 Å². The van der Waals surface area contributed by atoms with E-state index in [9.17, 15) is 4.79 Å². The molecule has 0 spiro atoms. The number of rotatable bonds is 7. The van der Waals surface area contributed by atoms with Gasteiger partial charge in [-0.05, 0) is 90.1 Å². The normalized spacial score (nSPS) is 17.7. The van der Waals surface area contributed by atoms with Crippen molar-refractivity contribution in [3.63, 3.8) is 0 Å². The topological polar surface area (TPSA) is 29.1 Å². The number of aryl methyl sites for hydroxylation is 2. The van der Waals surface area contributed by atoms with Gasteiger partial charge in [-0.3, -0.25) is 4.79 Å². The zero-order valence-corrected chi connectivity index (χ0v) is 20.9. The first-order valence-electron chi connectivity index (χ1n) is 12.7. The fourth-order valence-corrected chi connectivity index (χ4v) is 4.90. The van der Waals surface area contributed by atoms with Gasteiger partial charge in [0.1, 0.15) is 0 Å². The van der Waals surface area contributed by atoms with Crippen molar-refractivity contribution in [1.29, 1.82) is 0 Å². The molecule has 0 aromatic heterocycles. The SMILES string of the molecule is CC.Cc1ccc(C2CC=CN2)cc1-c1c(CCCC(C)C(C)C)ccc2c1CCC2=O. The fourth-order valence-electron chi connectivity index (χ4n) is 4.90. The number of nitrogens with one attached hydrogen (secondary N) is 1. The predicted octanol–water partition coefficient (Wildman–Crippen LogP) is 7.98. The third kappa shape index (κ3) is 5.17. The third-order valence-electron chi connectivity index (χ3n) is 7.27. The molecule has 2 heteroatoms. The Bertz CT molecular complexity index is 961. The average Bonchev–Trinajstić information content (AvgIpc) is 3.46. The molecule has 0 radical (unpaired) electrons. The number of carbonyl (C=O) groups is 1. The number of carbonyl (C=O) groups excluding carboxylic acids is 1. The van der Waals surface area contributed by atoms with E-state index < -0.39 is 0 Å². The minimum atomic E-state index is 0.307. The Morgan fingerprint density at radius 1 is 1.03 bits per heavy atom. The first kappa shape index (κ1) is 24.3. The first-order chi connectivity index (χ1) is 15.5. The fraction of sp³-hybridized carbons (Fsp3) is 0.500. The van der Waals surface area contributed by atoms with Crippen LogP contribution in [0.5, 0.6) is 0 Å². The van der Waals surface area contributed by atoms with Crippen molar-refractivity contribution in [2.45, 2.75) is 86.1 Å². The summed E-state index contributed by atoms with van der Waals surface area (Å²) in [5.74, 6) is 1.78. The summed E-state index contributed by atoms with van der Waals surface area (Å²) in [4.78, 5) is 12.5. The lowest BCUT2D eigenvalue weighted by Crippen LogP contribution is -2.10. The van der Waals surface area contributed by atoms with Crippen LogP contribution < -0.4 is 5.32 Å². The predicted molar refractivity (Wildman–Crippen MR) is 137 cm³/mol. The molecular weight excluding hydrogens is 390 g/mol. The van der Waals surface area contributed by atoms with Gasteiger partial charge in [0.25, 0.3) is 0 Å². The summed E-state index contributed by atoms with van der Waals surface area (Å²) in [6.45, 7) is 13.2. The van der Waals surface area contributed by atoms with Crippen molar-refractivity contribution in [1.82, 2.24) is 5.32 Å². The Kier molecular flexibility index (Phi) is 8.34. The molecular formula is C30H41NO. The molecule has 1 aliphatic heterocycles. The van der Waals surface area contributed by atoms with Gasteiger partial charge >= 0.3 is 0 Å². The summed E-state index contributed by atoms with van der Waals surface area (Å²) in [5.41, 5.74) is 8.95. The van der Waals surface area contributed by atoms with Gasteiger partial charge in [0.05, 0.1) is 6.04 Å². The van der Waals surface area contributed by atoms with E-state index in [1.807, 2.05) is 13.8 Å². The van der Waals surface area contributed by atoms with E-state index >= 15 is 0 Å². The molecule has 2 aliphatic rings. The Morgan fingerprint density at radius 2 is 1.81 bits per heavy atom. The molecule has 172 valence electrons. The smallest absolute Gasteiger partial charge is 0.163 e. The molecule has 0 saturated heterocycles. The molecule has 0 amide bonds. The van der Waals surface area contributed by atoms with Crippen molar-refractivity contribution in [3.05, 3.63) is 70.4 Å². The highest BCUT2D eigenvalue weighted by Gasteiger charge is 2.26. The molecule has 2 unspecified atom stereocenters. The van der Waals surface area contributed by atoms with Gasteiger partial charge in [-0.2, -0.15) is 0 Å². The molecule has 2 aromatic rings. The number of benzene rings is 2. The van der Waals surface area contributed by atoms with Gasteiger partial charge in [0, 0.05) is 12.0 Å². The third-order valence-corrected chi connectivity index (χ3v) is 7.27. The quantitative estimate of drug-likeness (QED) is 0.481. The van der Waals surface area contributed by atoms with Crippen molar-refractivity contribution in [3.8, 4) is 11.1 Å². The standard InChI is InChI=1S/C28H35NO.C2H6/c1-18(2)19(3)7-5-8-21-12-13-23-24(14-15-27(23)30)28(21)25-17-22(11-10-20(25)4)26-9-6-16-29-26;1-2/h6,10-13,16-19,26,29H,5,7-9,14-15H2,1-4H3;1-2H3. The molecule has 1 heterocycles. The molecule has 1 aliphatic carbocycles. The largest absolute Gasteiger partial charge is 0.384 e. The van der Waals surface area contributed by atoms with Crippen LogP contribution in [0.4, 0.5) is 0 Å². The minimum absolute atomic E-state index is 0.307. The van der Waals surface area contributed by atoms with Crippen molar-refractivity contribution >= 4 is 5.78 Å². The van der Waals surface area contributed by atoms with Crippen LogP contribution in [-0.2, 0) is 12.8 Å². The molecule has 0 fully saturated rings. The average molecular weight is 432 g/mol. The second-order valence-corrected chi connectivity index (χ2v) is 9.59. The van der Waals surface area contributed by atoms with Crippen LogP contribution in [-0.4, -0.2) is 5.78 Å². The Labute approximate surface area is 195 Å². The lowest BCUT2D eigenvalue weighted by molar-refractivity contribution is 0.0994. The van der Waals surface area contributed by atoms with Gasteiger partial charge in [0.2, 0.25) is 0 Å². The van der Waals surface area contributed by atoms with Crippen molar-refractivity contribution in [2.75, 3.05) is 0 Å². The zero-order chi connectivity index (χ0) is 23.3. The van der Waals surface area contributed by atoms with Gasteiger partial charge in [-0.1, -0.05) is 71.4 Å². The number of fused-ring (bicyclic) bond motifs is 1. The second kappa shape index (κ2) is 11.0. The second-order valence-electron chi connectivity index (χ2n) is 9.59. The van der Waals surface area contributed by atoms with Crippen molar-refractivity contribution < 1.29 is 4.79 Å². The molecule has 2 nitrogen and oxygen atoms in total. The van der Waals surface area contributed by atoms with Crippen LogP contribution in [0.25, 0.3) is 11.1 Å². The molecule has 32 heavy (non-hydrogen) atoms. The lowest BCUT2D eigenvalue weighted by atomic mass is 9.85. The maximum absolute atomic E-state index is 12.5. The van der Waals surface area contributed by atoms with E-state index in [1.165, 1.54) is 46.2 Å². The van der Waals surface area contributed by atoms with Gasteiger partial charge in [-0.15, -0.1) is 0 Å². The summed E-state index contributed by atoms with van der Waals surface area (Å²) >= 11 is 0. The summed E-state index contributed by atoms with van der Waals surface area (Å²) in [5, 5.41) is 3.47. The summed E-state index contributed by atoms with van der Waals surface area (Å²) in [6, 6.07) is 11.6. The highest BCUT2D eigenvalue weighted by molar-refractivity contribution is 6.03. The highest BCUT2D eigenvalue weighted by Crippen LogP contribution is 2.39. The molecule has 0 saturated carbocycles. The summed E-state index contributed by atoms with van der Waals surface area (Å²) in [7, 11) is 0. The zero-order valence-electron chi connectivity index (χ0n) is 20.9.